The molecule has 1 aromatic heterocycles. The van der Waals surface area contributed by atoms with E-state index in [1.807, 2.05) is 30.3 Å². The fourth-order valence-corrected chi connectivity index (χ4v) is 1.81. The van der Waals surface area contributed by atoms with E-state index in [9.17, 15) is 0 Å². The molecule has 2 nitrogen and oxygen atoms in total. The van der Waals surface area contributed by atoms with Crippen LogP contribution in [0.25, 0.3) is 21.9 Å². The lowest BCUT2D eigenvalue weighted by atomic mass is 10.1. The van der Waals surface area contributed by atoms with E-state index in [1.165, 1.54) is 6.39 Å². The number of nitrogens with zero attached hydrogens (tertiary/aromatic N) is 1. The lowest BCUT2D eigenvalue weighted by Gasteiger charge is -1.97. The summed E-state index contributed by atoms with van der Waals surface area (Å²) in [5.74, 6) is 0. The molecule has 0 N–H and O–H groups in total. The summed E-state index contributed by atoms with van der Waals surface area (Å²) in [4.78, 5) is 4.17. The van der Waals surface area contributed by atoms with Crippen molar-refractivity contribution in [3.8, 4) is 0 Å². The van der Waals surface area contributed by atoms with E-state index in [0.717, 1.165) is 26.9 Å². The summed E-state index contributed by atoms with van der Waals surface area (Å²) in [7, 11) is 0. The Labute approximate surface area is 85.1 Å². The number of oxazole rings is 1. The van der Waals surface area contributed by atoms with E-state index in [-0.39, 0.29) is 0 Å². The van der Waals surface area contributed by atoms with Crippen molar-refractivity contribution in [3.05, 3.63) is 41.7 Å². The number of fused-ring (bicyclic) bond motifs is 3. The predicted octanol–water partition coefficient (Wildman–Crippen LogP) is 3.63. The Bertz CT molecular complexity index is 615. The second-order valence-electron chi connectivity index (χ2n) is 3.13. The fraction of sp³-hybridized carbons (Fsp3) is 0. The molecule has 3 heteroatoms. The standard InChI is InChI=1S/C11H6ClNO/c12-8-2-3-9-7(5-8)1-4-10-11(9)13-6-14-10/h1-6H. The zero-order chi connectivity index (χ0) is 9.54. The first-order valence-electron chi connectivity index (χ1n) is 4.26. The first kappa shape index (κ1) is 7.83. The lowest BCUT2D eigenvalue weighted by molar-refractivity contribution is 0.602. The Kier molecular flexibility index (Phi) is 1.52. The molecule has 0 fully saturated rings. The minimum Gasteiger partial charge on any atom is -0.443 e. The number of halogens is 1. The van der Waals surface area contributed by atoms with Crippen molar-refractivity contribution >= 4 is 33.5 Å². The molecule has 2 aromatic carbocycles. The summed E-state index contributed by atoms with van der Waals surface area (Å²) >= 11 is 5.90. The molecule has 3 aromatic rings. The second kappa shape index (κ2) is 2.72. The Morgan fingerprint density at radius 1 is 1.14 bits per heavy atom. The molecule has 0 spiro atoms. The fourth-order valence-electron chi connectivity index (χ4n) is 1.63. The monoisotopic (exact) mass is 203 g/mol. The van der Waals surface area contributed by atoms with Crippen LogP contribution in [0.2, 0.25) is 5.02 Å². The molecule has 0 saturated heterocycles. The molecule has 0 amide bonds. The first-order valence-corrected chi connectivity index (χ1v) is 4.64. The van der Waals surface area contributed by atoms with Gasteiger partial charge in [0.25, 0.3) is 0 Å². The molecule has 0 saturated carbocycles. The van der Waals surface area contributed by atoms with Crippen molar-refractivity contribution in [1.29, 1.82) is 0 Å². The van der Waals surface area contributed by atoms with E-state index in [4.69, 9.17) is 16.0 Å². The molecular formula is C11H6ClNO. The van der Waals surface area contributed by atoms with Crippen molar-refractivity contribution in [1.82, 2.24) is 4.98 Å². The van der Waals surface area contributed by atoms with Gasteiger partial charge in [-0.25, -0.2) is 4.98 Å². The van der Waals surface area contributed by atoms with E-state index in [1.54, 1.807) is 0 Å². The van der Waals surface area contributed by atoms with Gasteiger partial charge in [0, 0.05) is 10.4 Å². The van der Waals surface area contributed by atoms with Crippen LogP contribution < -0.4 is 0 Å². The average molecular weight is 204 g/mol. The second-order valence-corrected chi connectivity index (χ2v) is 3.57. The van der Waals surface area contributed by atoms with Crippen molar-refractivity contribution in [2.75, 3.05) is 0 Å². The summed E-state index contributed by atoms with van der Waals surface area (Å²) in [6, 6.07) is 9.63. The van der Waals surface area contributed by atoms with Crippen LogP contribution in [0.4, 0.5) is 0 Å². The molecule has 0 aliphatic rings. The molecule has 0 aliphatic carbocycles. The number of rotatable bonds is 0. The Morgan fingerprint density at radius 3 is 3.00 bits per heavy atom. The zero-order valence-electron chi connectivity index (χ0n) is 7.20. The highest BCUT2D eigenvalue weighted by molar-refractivity contribution is 6.31. The van der Waals surface area contributed by atoms with Crippen molar-refractivity contribution < 1.29 is 4.42 Å². The Morgan fingerprint density at radius 2 is 2.07 bits per heavy atom. The lowest BCUT2D eigenvalue weighted by Crippen LogP contribution is -1.75. The third kappa shape index (κ3) is 1.01. The number of aromatic nitrogens is 1. The van der Waals surface area contributed by atoms with Crippen LogP contribution in [0, 0.1) is 0 Å². The van der Waals surface area contributed by atoms with Gasteiger partial charge in [0.05, 0.1) is 0 Å². The molecule has 14 heavy (non-hydrogen) atoms. The molecule has 68 valence electrons. The minimum atomic E-state index is 0.736. The molecule has 0 atom stereocenters. The number of hydrogen-bond donors (Lipinski definition) is 0. The van der Waals surface area contributed by atoms with Crippen LogP contribution >= 0.6 is 11.6 Å². The molecule has 0 aliphatic heterocycles. The van der Waals surface area contributed by atoms with Crippen molar-refractivity contribution in [2.45, 2.75) is 0 Å². The topological polar surface area (TPSA) is 26.0 Å². The Balaban J connectivity index is 2.57. The van der Waals surface area contributed by atoms with Gasteiger partial charge in [-0.2, -0.15) is 0 Å². The predicted molar refractivity (Wildman–Crippen MR) is 56.5 cm³/mol. The van der Waals surface area contributed by atoms with Gasteiger partial charge in [-0.3, -0.25) is 0 Å². The molecule has 0 bridgehead atoms. The molecule has 3 rings (SSSR count). The third-order valence-electron chi connectivity index (χ3n) is 2.28. The largest absolute Gasteiger partial charge is 0.443 e. The van der Waals surface area contributed by atoms with Gasteiger partial charge >= 0.3 is 0 Å². The summed E-state index contributed by atoms with van der Waals surface area (Å²) in [5.41, 5.74) is 1.69. The minimum absolute atomic E-state index is 0.736. The van der Waals surface area contributed by atoms with Gasteiger partial charge < -0.3 is 4.42 Å². The van der Waals surface area contributed by atoms with Crippen LogP contribution in [0.1, 0.15) is 0 Å². The van der Waals surface area contributed by atoms with Crippen LogP contribution in [-0.4, -0.2) is 4.98 Å². The van der Waals surface area contributed by atoms with Gasteiger partial charge in [0.15, 0.2) is 12.0 Å². The summed E-state index contributed by atoms with van der Waals surface area (Å²) < 4.78 is 5.21. The summed E-state index contributed by atoms with van der Waals surface area (Å²) in [6.07, 6.45) is 1.46. The van der Waals surface area contributed by atoms with Crippen molar-refractivity contribution in [3.63, 3.8) is 0 Å². The quantitative estimate of drug-likeness (QED) is 0.558. The molecule has 0 radical (unpaired) electrons. The van der Waals surface area contributed by atoms with E-state index < -0.39 is 0 Å². The highest BCUT2D eigenvalue weighted by Crippen LogP contribution is 2.26. The first-order chi connectivity index (χ1) is 6.84. The molecule has 0 unspecified atom stereocenters. The van der Waals surface area contributed by atoms with Gasteiger partial charge in [0.1, 0.15) is 5.52 Å². The summed E-state index contributed by atoms with van der Waals surface area (Å²) in [5, 5.41) is 2.89. The van der Waals surface area contributed by atoms with E-state index >= 15 is 0 Å². The maximum absolute atomic E-state index is 5.90. The SMILES string of the molecule is Clc1ccc2c(ccc3ocnc32)c1. The summed E-state index contributed by atoms with van der Waals surface area (Å²) in [6.45, 7) is 0. The highest BCUT2D eigenvalue weighted by atomic mass is 35.5. The highest BCUT2D eigenvalue weighted by Gasteiger charge is 2.03. The van der Waals surface area contributed by atoms with Gasteiger partial charge in [-0.05, 0) is 23.6 Å². The van der Waals surface area contributed by atoms with Gasteiger partial charge in [0.2, 0.25) is 0 Å². The maximum Gasteiger partial charge on any atom is 0.182 e. The zero-order valence-corrected chi connectivity index (χ0v) is 7.95. The van der Waals surface area contributed by atoms with Crippen LogP contribution in [0.3, 0.4) is 0 Å². The van der Waals surface area contributed by atoms with Crippen LogP contribution in [0.15, 0.2) is 41.1 Å². The van der Waals surface area contributed by atoms with Gasteiger partial charge in [-0.15, -0.1) is 0 Å². The number of benzene rings is 2. The normalized spacial score (nSPS) is 11.2. The van der Waals surface area contributed by atoms with Crippen LogP contribution in [0.5, 0.6) is 0 Å². The van der Waals surface area contributed by atoms with Gasteiger partial charge in [-0.1, -0.05) is 23.7 Å². The third-order valence-corrected chi connectivity index (χ3v) is 2.51. The van der Waals surface area contributed by atoms with E-state index in [2.05, 4.69) is 4.98 Å². The maximum atomic E-state index is 5.90. The average Bonchev–Trinajstić information content (AvgIpc) is 2.65. The number of hydrogen-bond acceptors (Lipinski definition) is 2. The van der Waals surface area contributed by atoms with Crippen LogP contribution in [-0.2, 0) is 0 Å². The molecule has 1 heterocycles. The molecular weight excluding hydrogens is 198 g/mol. The Hall–Kier alpha value is -1.54. The van der Waals surface area contributed by atoms with Crippen molar-refractivity contribution in [2.24, 2.45) is 0 Å². The smallest absolute Gasteiger partial charge is 0.182 e. The van der Waals surface area contributed by atoms with E-state index in [0.29, 0.717) is 0 Å².